The third-order valence-corrected chi connectivity index (χ3v) is 2.29. The Morgan fingerprint density at radius 1 is 1.50 bits per heavy atom. The summed E-state index contributed by atoms with van der Waals surface area (Å²) in [6.45, 7) is 0. The number of halogens is 1. The van der Waals surface area contributed by atoms with Gasteiger partial charge in [-0.1, -0.05) is 28.1 Å². The molecule has 1 unspecified atom stereocenters. The lowest BCUT2D eigenvalue weighted by atomic mass is 10.1. The van der Waals surface area contributed by atoms with E-state index in [4.69, 9.17) is 11.0 Å². The van der Waals surface area contributed by atoms with E-state index in [0.717, 1.165) is 10.0 Å². The Balaban J connectivity index is 2.78. The van der Waals surface area contributed by atoms with Crippen LogP contribution < -0.4 is 5.90 Å². The molecule has 1 rings (SSSR count). The van der Waals surface area contributed by atoms with Gasteiger partial charge in [-0.15, -0.1) is 0 Å². The van der Waals surface area contributed by atoms with Crippen LogP contribution in [0.3, 0.4) is 0 Å². The summed E-state index contributed by atoms with van der Waals surface area (Å²) >= 11 is 3.28. The molecule has 4 nitrogen and oxygen atoms in total. The van der Waals surface area contributed by atoms with Crippen molar-refractivity contribution in [3.63, 3.8) is 0 Å². The molecule has 1 atom stereocenters. The molecule has 0 bridgehead atoms. The molecule has 0 aromatic heterocycles. The van der Waals surface area contributed by atoms with Crippen molar-refractivity contribution in [2.75, 3.05) is 0 Å². The molecule has 0 saturated carbocycles. The third-order valence-electron chi connectivity index (χ3n) is 1.77. The third kappa shape index (κ3) is 3.10. The highest BCUT2D eigenvalue weighted by atomic mass is 79.9. The van der Waals surface area contributed by atoms with Crippen LogP contribution in [-0.2, 0) is 9.63 Å². The van der Waals surface area contributed by atoms with Crippen LogP contribution in [0.15, 0.2) is 28.7 Å². The van der Waals surface area contributed by atoms with E-state index in [1.165, 1.54) is 0 Å². The number of hydrogen-bond donors (Lipinski definition) is 2. The molecule has 0 fully saturated rings. The first-order valence-corrected chi connectivity index (χ1v) is 4.75. The van der Waals surface area contributed by atoms with E-state index in [-0.39, 0.29) is 6.42 Å². The topological polar surface area (TPSA) is 72.5 Å². The molecule has 76 valence electrons. The summed E-state index contributed by atoms with van der Waals surface area (Å²) in [6, 6.07) is 7.15. The molecule has 0 saturated heterocycles. The van der Waals surface area contributed by atoms with E-state index in [1.807, 2.05) is 12.1 Å². The van der Waals surface area contributed by atoms with E-state index >= 15 is 0 Å². The minimum Gasteiger partial charge on any atom is -0.481 e. The lowest BCUT2D eigenvalue weighted by Crippen LogP contribution is -2.13. The lowest BCUT2D eigenvalue weighted by Gasteiger charge is -2.12. The Morgan fingerprint density at radius 2 is 2.07 bits per heavy atom. The number of carboxylic acids is 1. The molecular weight excluding hydrogens is 250 g/mol. The van der Waals surface area contributed by atoms with Gasteiger partial charge in [-0.25, -0.2) is 5.90 Å². The Hall–Kier alpha value is -0.910. The molecule has 0 spiro atoms. The molecule has 0 aliphatic heterocycles. The fraction of sp³-hybridized carbons (Fsp3) is 0.222. The molecule has 1 aromatic carbocycles. The van der Waals surface area contributed by atoms with Gasteiger partial charge in [0.25, 0.3) is 0 Å². The van der Waals surface area contributed by atoms with Gasteiger partial charge < -0.3 is 5.11 Å². The molecule has 5 heteroatoms. The van der Waals surface area contributed by atoms with E-state index in [2.05, 4.69) is 20.8 Å². The zero-order valence-corrected chi connectivity index (χ0v) is 8.90. The standard InChI is InChI=1S/C9H10BrNO3/c10-7-3-1-6(2-4-7)8(14-11)5-9(12)13/h1-4,8H,5,11H2,(H,12,13). The predicted molar refractivity (Wildman–Crippen MR) is 54.4 cm³/mol. The average Bonchev–Trinajstić information content (AvgIpc) is 2.15. The second kappa shape index (κ2) is 5.09. The van der Waals surface area contributed by atoms with E-state index in [0.29, 0.717) is 0 Å². The van der Waals surface area contributed by atoms with Gasteiger partial charge in [0.2, 0.25) is 0 Å². The van der Waals surface area contributed by atoms with Crippen LogP contribution >= 0.6 is 15.9 Å². The highest BCUT2D eigenvalue weighted by molar-refractivity contribution is 9.10. The van der Waals surface area contributed by atoms with Gasteiger partial charge in [0.1, 0.15) is 6.10 Å². The Morgan fingerprint density at radius 3 is 2.50 bits per heavy atom. The molecule has 0 radical (unpaired) electrons. The van der Waals surface area contributed by atoms with E-state index in [1.54, 1.807) is 12.1 Å². The van der Waals surface area contributed by atoms with Gasteiger partial charge in [0.15, 0.2) is 0 Å². The van der Waals surface area contributed by atoms with Gasteiger partial charge >= 0.3 is 5.97 Å². The summed E-state index contributed by atoms with van der Waals surface area (Å²) in [5.41, 5.74) is 0.748. The van der Waals surface area contributed by atoms with Crippen LogP contribution in [-0.4, -0.2) is 11.1 Å². The summed E-state index contributed by atoms with van der Waals surface area (Å²) in [7, 11) is 0. The maximum atomic E-state index is 10.5. The van der Waals surface area contributed by atoms with Gasteiger partial charge in [-0.3, -0.25) is 9.63 Å². The molecule has 1 aromatic rings. The second-order valence-corrected chi connectivity index (χ2v) is 3.69. The van der Waals surface area contributed by atoms with Gasteiger partial charge in [-0.2, -0.15) is 0 Å². The van der Waals surface area contributed by atoms with Crippen molar-refractivity contribution in [3.8, 4) is 0 Å². The number of carbonyl (C=O) groups is 1. The smallest absolute Gasteiger partial charge is 0.306 e. The second-order valence-electron chi connectivity index (χ2n) is 2.77. The highest BCUT2D eigenvalue weighted by Crippen LogP contribution is 2.21. The quantitative estimate of drug-likeness (QED) is 0.810. The van der Waals surface area contributed by atoms with E-state index in [9.17, 15) is 4.79 Å². The Kier molecular flexibility index (Phi) is 4.06. The van der Waals surface area contributed by atoms with Gasteiger partial charge in [0.05, 0.1) is 6.42 Å². The number of aliphatic carboxylic acids is 1. The first-order valence-electron chi connectivity index (χ1n) is 3.96. The van der Waals surface area contributed by atoms with Crippen LogP contribution in [0, 0.1) is 0 Å². The van der Waals surface area contributed by atoms with Crippen LogP contribution in [0.25, 0.3) is 0 Å². The summed E-state index contributed by atoms with van der Waals surface area (Å²) in [5, 5.41) is 8.59. The number of nitrogens with two attached hydrogens (primary N) is 1. The van der Waals surface area contributed by atoms with Crippen LogP contribution in [0.5, 0.6) is 0 Å². The maximum Gasteiger partial charge on any atom is 0.306 e. The van der Waals surface area contributed by atoms with Gasteiger partial charge in [-0.05, 0) is 17.7 Å². The zero-order chi connectivity index (χ0) is 10.6. The maximum absolute atomic E-state index is 10.5. The molecule has 0 heterocycles. The van der Waals surface area contributed by atoms with E-state index < -0.39 is 12.1 Å². The van der Waals surface area contributed by atoms with Crippen LogP contribution in [0.1, 0.15) is 18.1 Å². The van der Waals surface area contributed by atoms with Crippen molar-refractivity contribution >= 4 is 21.9 Å². The molecular formula is C9H10BrNO3. The zero-order valence-electron chi connectivity index (χ0n) is 7.31. The van der Waals surface area contributed by atoms with Crippen molar-refractivity contribution in [1.82, 2.24) is 0 Å². The Labute approximate surface area is 89.8 Å². The SMILES string of the molecule is NOC(CC(=O)O)c1ccc(Br)cc1. The van der Waals surface area contributed by atoms with Gasteiger partial charge in [0, 0.05) is 4.47 Å². The molecule has 0 amide bonds. The number of benzene rings is 1. The lowest BCUT2D eigenvalue weighted by molar-refractivity contribution is -0.140. The molecule has 3 N–H and O–H groups in total. The van der Waals surface area contributed by atoms with Crippen molar-refractivity contribution in [2.45, 2.75) is 12.5 Å². The highest BCUT2D eigenvalue weighted by Gasteiger charge is 2.14. The Bertz CT molecular complexity index is 312. The molecule has 0 aliphatic carbocycles. The average molecular weight is 260 g/mol. The normalized spacial score (nSPS) is 12.4. The van der Waals surface area contributed by atoms with Crippen molar-refractivity contribution < 1.29 is 14.7 Å². The minimum absolute atomic E-state index is 0.141. The summed E-state index contributed by atoms with van der Waals surface area (Å²) < 4.78 is 0.923. The summed E-state index contributed by atoms with van der Waals surface area (Å²) in [4.78, 5) is 15.1. The molecule has 14 heavy (non-hydrogen) atoms. The van der Waals surface area contributed by atoms with Crippen molar-refractivity contribution in [2.24, 2.45) is 5.90 Å². The first-order chi connectivity index (χ1) is 6.63. The van der Waals surface area contributed by atoms with Crippen molar-refractivity contribution in [3.05, 3.63) is 34.3 Å². The number of rotatable bonds is 4. The minimum atomic E-state index is -0.941. The summed E-state index contributed by atoms with van der Waals surface area (Å²) in [5.74, 6) is 4.07. The van der Waals surface area contributed by atoms with Crippen LogP contribution in [0.4, 0.5) is 0 Å². The number of carboxylic acid groups (broad SMARTS) is 1. The predicted octanol–water partition coefficient (Wildman–Crippen LogP) is 1.86. The largest absolute Gasteiger partial charge is 0.481 e. The summed E-state index contributed by atoms with van der Waals surface area (Å²) in [6.07, 6.45) is -0.737. The number of hydrogen-bond acceptors (Lipinski definition) is 3. The van der Waals surface area contributed by atoms with Crippen molar-refractivity contribution in [1.29, 1.82) is 0 Å². The fourth-order valence-corrected chi connectivity index (χ4v) is 1.34. The van der Waals surface area contributed by atoms with Crippen LogP contribution in [0.2, 0.25) is 0 Å². The molecule has 0 aliphatic rings. The first kappa shape index (κ1) is 11.2. The monoisotopic (exact) mass is 259 g/mol. The fourth-order valence-electron chi connectivity index (χ4n) is 1.08.